The standard InChI is InChI=1S/C19H29N3O5/c1-13-6-2-4-8-19(13)17(24)22(18(25)20-19)12-15(23)21-9-5-3-7-14(21)16-26-10-11-27-16/h13-14,16H,2-12H2,1H3,(H,20,25)/t13-,14-,19+/m1/s1. The number of carbonyl (C=O) groups excluding carboxylic acids is 3. The molecule has 3 heterocycles. The highest BCUT2D eigenvalue weighted by Crippen LogP contribution is 2.38. The molecule has 1 N–H and O–H groups in total. The fraction of sp³-hybridized carbons (Fsp3) is 0.842. The van der Waals surface area contributed by atoms with Gasteiger partial charge in [0.05, 0.1) is 19.3 Å². The van der Waals surface area contributed by atoms with E-state index in [1.54, 1.807) is 4.90 Å². The number of hydrogen-bond donors (Lipinski definition) is 1. The molecule has 0 bridgehead atoms. The number of imide groups is 1. The number of ether oxygens (including phenoxy) is 2. The minimum atomic E-state index is -0.825. The van der Waals surface area contributed by atoms with Gasteiger partial charge in [-0.15, -0.1) is 0 Å². The number of likely N-dealkylation sites (tertiary alicyclic amines) is 1. The quantitative estimate of drug-likeness (QED) is 0.746. The maximum absolute atomic E-state index is 13.1. The molecule has 0 aromatic heterocycles. The fourth-order valence-electron chi connectivity index (χ4n) is 5.01. The molecule has 4 amide bonds. The number of rotatable bonds is 3. The predicted molar refractivity (Wildman–Crippen MR) is 95.7 cm³/mol. The molecule has 0 aromatic rings. The Bertz CT molecular complexity index is 620. The number of urea groups is 1. The van der Waals surface area contributed by atoms with Crippen LogP contribution in [0, 0.1) is 5.92 Å². The van der Waals surface area contributed by atoms with Crippen LogP contribution in [0.1, 0.15) is 51.9 Å². The van der Waals surface area contributed by atoms with Gasteiger partial charge in [0.2, 0.25) is 5.91 Å². The van der Waals surface area contributed by atoms with Crippen molar-refractivity contribution in [3.05, 3.63) is 0 Å². The molecule has 0 aromatic carbocycles. The van der Waals surface area contributed by atoms with Gasteiger partial charge in [-0.05, 0) is 38.0 Å². The molecular formula is C19H29N3O5. The molecule has 3 aliphatic heterocycles. The Hall–Kier alpha value is -1.67. The van der Waals surface area contributed by atoms with Gasteiger partial charge in [0.25, 0.3) is 5.91 Å². The average Bonchev–Trinajstić information content (AvgIpc) is 3.28. The third-order valence-corrected chi connectivity index (χ3v) is 6.63. The Labute approximate surface area is 159 Å². The monoisotopic (exact) mass is 379 g/mol. The Morgan fingerprint density at radius 3 is 2.63 bits per heavy atom. The summed E-state index contributed by atoms with van der Waals surface area (Å²) in [5, 5.41) is 2.91. The van der Waals surface area contributed by atoms with Crippen LogP contribution in [0.4, 0.5) is 4.79 Å². The second-order valence-corrected chi connectivity index (χ2v) is 8.20. The van der Waals surface area contributed by atoms with E-state index in [1.165, 1.54) is 0 Å². The van der Waals surface area contributed by atoms with Gasteiger partial charge in [0.1, 0.15) is 12.1 Å². The first-order valence-electron chi connectivity index (χ1n) is 10.2. The van der Waals surface area contributed by atoms with E-state index in [-0.39, 0.29) is 30.3 Å². The molecule has 1 spiro atoms. The maximum atomic E-state index is 13.1. The largest absolute Gasteiger partial charge is 0.348 e. The lowest BCUT2D eigenvalue weighted by Gasteiger charge is -2.39. The Balaban J connectivity index is 1.46. The zero-order valence-electron chi connectivity index (χ0n) is 15.9. The first-order chi connectivity index (χ1) is 13.0. The summed E-state index contributed by atoms with van der Waals surface area (Å²) in [6, 6.07) is -0.582. The number of amides is 4. The highest BCUT2D eigenvalue weighted by molar-refractivity contribution is 6.09. The molecule has 0 unspecified atom stereocenters. The molecule has 27 heavy (non-hydrogen) atoms. The van der Waals surface area contributed by atoms with Crippen LogP contribution in [0.2, 0.25) is 0 Å². The van der Waals surface area contributed by atoms with E-state index in [0.29, 0.717) is 26.2 Å². The SMILES string of the molecule is C[C@@H]1CCCC[C@]12NC(=O)N(CC(=O)N1CCCC[C@@H]1C1OCCO1)C2=O. The zero-order valence-corrected chi connectivity index (χ0v) is 15.9. The second kappa shape index (κ2) is 7.39. The van der Waals surface area contributed by atoms with Crippen LogP contribution < -0.4 is 5.32 Å². The van der Waals surface area contributed by atoms with E-state index >= 15 is 0 Å². The van der Waals surface area contributed by atoms with Crippen LogP contribution in [0.5, 0.6) is 0 Å². The van der Waals surface area contributed by atoms with Gasteiger partial charge in [-0.25, -0.2) is 4.79 Å². The number of piperidine rings is 1. The van der Waals surface area contributed by atoms with Crippen molar-refractivity contribution in [2.45, 2.75) is 69.7 Å². The van der Waals surface area contributed by atoms with Crippen LogP contribution >= 0.6 is 0 Å². The molecule has 8 heteroatoms. The smallest absolute Gasteiger partial charge is 0.325 e. The topological polar surface area (TPSA) is 88.2 Å². The van der Waals surface area contributed by atoms with Crippen molar-refractivity contribution in [3.63, 3.8) is 0 Å². The minimum absolute atomic E-state index is 0.0887. The van der Waals surface area contributed by atoms with Crippen molar-refractivity contribution in [2.75, 3.05) is 26.3 Å². The normalized spacial score (nSPS) is 35.1. The van der Waals surface area contributed by atoms with Gasteiger partial charge in [-0.1, -0.05) is 19.8 Å². The lowest BCUT2D eigenvalue weighted by Crippen LogP contribution is -2.55. The molecule has 4 rings (SSSR count). The summed E-state index contributed by atoms with van der Waals surface area (Å²) < 4.78 is 11.2. The van der Waals surface area contributed by atoms with Gasteiger partial charge >= 0.3 is 6.03 Å². The van der Waals surface area contributed by atoms with Crippen LogP contribution in [-0.4, -0.2) is 71.8 Å². The molecule has 3 saturated heterocycles. The van der Waals surface area contributed by atoms with Gasteiger partial charge in [-0.3, -0.25) is 14.5 Å². The molecule has 3 atom stereocenters. The number of carbonyl (C=O) groups is 3. The summed E-state index contributed by atoms with van der Waals surface area (Å²) >= 11 is 0. The van der Waals surface area contributed by atoms with Gasteiger partial charge in [0, 0.05) is 6.54 Å². The lowest BCUT2D eigenvalue weighted by atomic mass is 9.73. The molecule has 0 radical (unpaired) electrons. The summed E-state index contributed by atoms with van der Waals surface area (Å²) in [5.74, 6) is -0.358. The van der Waals surface area contributed by atoms with E-state index in [4.69, 9.17) is 9.47 Å². The average molecular weight is 379 g/mol. The van der Waals surface area contributed by atoms with Gasteiger partial charge in [0.15, 0.2) is 6.29 Å². The highest BCUT2D eigenvalue weighted by Gasteiger charge is 2.55. The van der Waals surface area contributed by atoms with Crippen molar-refractivity contribution in [3.8, 4) is 0 Å². The van der Waals surface area contributed by atoms with Crippen molar-refractivity contribution < 1.29 is 23.9 Å². The van der Waals surface area contributed by atoms with E-state index in [2.05, 4.69) is 5.32 Å². The number of nitrogens with one attached hydrogen (secondary N) is 1. The number of hydrogen-bond acceptors (Lipinski definition) is 5. The van der Waals surface area contributed by atoms with Crippen molar-refractivity contribution >= 4 is 17.8 Å². The summed E-state index contributed by atoms with van der Waals surface area (Å²) in [6.45, 7) is 3.49. The first-order valence-corrected chi connectivity index (χ1v) is 10.2. The van der Waals surface area contributed by atoms with E-state index < -0.39 is 17.9 Å². The Kier molecular flexibility index (Phi) is 5.11. The van der Waals surface area contributed by atoms with Crippen molar-refractivity contribution in [1.82, 2.24) is 15.1 Å². The van der Waals surface area contributed by atoms with Crippen molar-refractivity contribution in [1.29, 1.82) is 0 Å². The Morgan fingerprint density at radius 1 is 1.15 bits per heavy atom. The molecule has 4 fully saturated rings. The summed E-state index contributed by atoms with van der Waals surface area (Å²) in [4.78, 5) is 41.5. The minimum Gasteiger partial charge on any atom is -0.348 e. The lowest BCUT2D eigenvalue weighted by molar-refractivity contribution is -0.153. The van der Waals surface area contributed by atoms with Crippen molar-refractivity contribution in [2.24, 2.45) is 5.92 Å². The molecular weight excluding hydrogens is 350 g/mol. The van der Waals surface area contributed by atoms with Crippen LogP contribution in [0.15, 0.2) is 0 Å². The third kappa shape index (κ3) is 3.23. The Morgan fingerprint density at radius 2 is 1.89 bits per heavy atom. The third-order valence-electron chi connectivity index (χ3n) is 6.63. The number of nitrogens with zero attached hydrogens (tertiary/aromatic N) is 2. The van der Waals surface area contributed by atoms with E-state index in [9.17, 15) is 14.4 Å². The molecule has 8 nitrogen and oxygen atoms in total. The summed E-state index contributed by atoms with van der Waals surface area (Å²) in [6.07, 6.45) is 5.90. The summed E-state index contributed by atoms with van der Waals surface area (Å²) in [7, 11) is 0. The zero-order chi connectivity index (χ0) is 19.0. The van der Waals surface area contributed by atoms with Crippen LogP contribution in [0.25, 0.3) is 0 Å². The molecule has 1 aliphatic carbocycles. The molecule has 1 saturated carbocycles. The first kappa shape index (κ1) is 18.7. The van der Waals surface area contributed by atoms with Crippen LogP contribution in [0.3, 0.4) is 0 Å². The van der Waals surface area contributed by atoms with Gasteiger partial charge in [-0.2, -0.15) is 0 Å². The summed E-state index contributed by atoms with van der Waals surface area (Å²) in [5.41, 5.74) is -0.825. The van der Waals surface area contributed by atoms with E-state index in [1.807, 2.05) is 6.92 Å². The van der Waals surface area contributed by atoms with Gasteiger partial charge < -0.3 is 19.7 Å². The highest BCUT2D eigenvalue weighted by atomic mass is 16.7. The molecule has 150 valence electrons. The predicted octanol–water partition coefficient (Wildman–Crippen LogP) is 1.24. The van der Waals surface area contributed by atoms with Crippen LogP contribution in [-0.2, 0) is 19.1 Å². The maximum Gasteiger partial charge on any atom is 0.325 e. The molecule has 4 aliphatic rings. The fourth-order valence-corrected chi connectivity index (χ4v) is 5.01. The second-order valence-electron chi connectivity index (χ2n) is 8.20. The van der Waals surface area contributed by atoms with E-state index in [0.717, 1.165) is 43.4 Å².